The molecule has 0 fully saturated rings. The minimum Gasteiger partial charge on any atom is -0.467 e. The summed E-state index contributed by atoms with van der Waals surface area (Å²) in [4.78, 5) is 48.7. The van der Waals surface area contributed by atoms with Gasteiger partial charge in [-0.15, -0.1) is 0 Å². The lowest BCUT2D eigenvalue weighted by molar-refractivity contribution is -0.146. The van der Waals surface area contributed by atoms with E-state index in [0.29, 0.717) is 19.4 Å². The number of nitrogens with one attached hydrogen (secondary N) is 3. The second-order valence-electron chi connectivity index (χ2n) is 8.01. The highest BCUT2D eigenvalue weighted by Gasteiger charge is 2.27. The number of esters is 1. The first kappa shape index (κ1) is 29.1. The van der Waals surface area contributed by atoms with Gasteiger partial charge < -0.3 is 35.3 Å². The first-order valence-corrected chi connectivity index (χ1v) is 11.8. The number of ether oxygens (including phenoxy) is 3. The predicted octanol–water partition coefficient (Wildman–Crippen LogP) is 2.03. The van der Waals surface area contributed by atoms with E-state index in [1.807, 2.05) is 36.4 Å². The van der Waals surface area contributed by atoms with Gasteiger partial charge in [0.1, 0.15) is 19.3 Å². The predicted molar refractivity (Wildman–Crippen MR) is 133 cm³/mol. The Balaban J connectivity index is 1.82. The molecule has 200 valence electrons. The molecule has 0 saturated carbocycles. The molecular formula is C26H33N3O8. The van der Waals surface area contributed by atoms with Crippen LogP contribution in [0.1, 0.15) is 30.4 Å². The highest BCUT2D eigenvalue weighted by molar-refractivity contribution is 5.89. The van der Waals surface area contributed by atoms with Gasteiger partial charge in [0, 0.05) is 6.54 Å². The summed E-state index contributed by atoms with van der Waals surface area (Å²) >= 11 is 0. The molecule has 4 N–H and O–H groups in total. The monoisotopic (exact) mass is 515 g/mol. The van der Waals surface area contributed by atoms with Gasteiger partial charge in [-0.3, -0.25) is 4.79 Å². The van der Waals surface area contributed by atoms with E-state index in [1.54, 1.807) is 24.3 Å². The van der Waals surface area contributed by atoms with Gasteiger partial charge in [0.25, 0.3) is 0 Å². The molecule has 0 aromatic heterocycles. The number of carbonyl (C=O) groups is 4. The largest absolute Gasteiger partial charge is 0.467 e. The van der Waals surface area contributed by atoms with Crippen molar-refractivity contribution in [3.63, 3.8) is 0 Å². The maximum absolute atomic E-state index is 12.7. The lowest BCUT2D eigenvalue weighted by Gasteiger charge is -2.21. The Kier molecular flexibility index (Phi) is 13.0. The molecule has 37 heavy (non-hydrogen) atoms. The Labute approximate surface area is 215 Å². The number of aliphatic hydroxyl groups is 1. The van der Waals surface area contributed by atoms with Crippen molar-refractivity contribution < 1.29 is 38.5 Å². The first-order chi connectivity index (χ1) is 17.9. The molecule has 11 nitrogen and oxygen atoms in total. The molecule has 11 heteroatoms. The third kappa shape index (κ3) is 11.4. The van der Waals surface area contributed by atoms with E-state index < -0.39 is 42.8 Å². The molecule has 0 spiro atoms. The van der Waals surface area contributed by atoms with Gasteiger partial charge in [0.2, 0.25) is 5.91 Å². The van der Waals surface area contributed by atoms with Gasteiger partial charge in [0.15, 0.2) is 6.04 Å². The lowest BCUT2D eigenvalue weighted by atomic mass is 10.1. The highest BCUT2D eigenvalue weighted by atomic mass is 16.6. The molecule has 0 aliphatic heterocycles. The lowest BCUT2D eigenvalue weighted by Crippen LogP contribution is -2.53. The van der Waals surface area contributed by atoms with Crippen LogP contribution < -0.4 is 16.0 Å². The van der Waals surface area contributed by atoms with Crippen molar-refractivity contribution >= 4 is 24.1 Å². The Hall–Kier alpha value is -4.12. The fourth-order valence-electron chi connectivity index (χ4n) is 3.21. The van der Waals surface area contributed by atoms with E-state index in [4.69, 9.17) is 9.47 Å². The van der Waals surface area contributed by atoms with Crippen LogP contribution in [0.4, 0.5) is 9.59 Å². The molecule has 0 bridgehead atoms. The zero-order valence-electron chi connectivity index (χ0n) is 20.7. The van der Waals surface area contributed by atoms with Crippen molar-refractivity contribution in [2.75, 3.05) is 20.3 Å². The first-order valence-electron chi connectivity index (χ1n) is 11.8. The topological polar surface area (TPSA) is 152 Å². The average Bonchev–Trinajstić information content (AvgIpc) is 2.93. The van der Waals surface area contributed by atoms with Crippen LogP contribution in [0.3, 0.4) is 0 Å². The molecule has 2 aromatic rings. The summed E-state index contributed by atoms with van der Waals surface area (Å²) in [5.74, 6) is -1.50. The maximum Gasteiger partial charge on any atom is 0.408 e. The number of hydrogen-bond acceptors (Lipinski definition) is 8. The van der Waals surface area contributed by atoms with Crippen LogP contribution in [0, 0.1) is 0 Å². The van der Waals surface area contributed by atoms with Crippen molar-refractivity contribution in [1.82, 2.24) is 16.0 Å². The van der Waals surface area contributed by atoms with E-state index in [-0.39, 0.29) is 19.6 Å². The molecule has 0 saturated heterocycles. The van der Waals surface area contributed by atoms with Crippen molar-refractivity contribution in [3.05, 3.63) is 71.8 Å². The fraction of sp³-hybridized carbons (Fsp3) is 0.385. The van der Waals surface area contributed by atoms with E-state index in [2.05, 4.69) is 20.7 Å². The Morgan fingerprint density at radius 3 is 1.89 bits per heavy atom. The number of benzene rings is 2. The Morgan fingerprint density at radius 2 is 1.35 bits per heavy atom. The number of alkyl carbamates (subject to hydrolysis) is 2. The van der Waals surface area contributed by atoms with E-state index in [1.165, 1.54) is 0 Å². The normalized spacial score (nSPS) is 11.9. The van der Waals surface area contributed by atoms with Gasteiger partial charge in [-0.05, 0) is 30.4 Å². The second-order valence-corrected chi connectivity index (χ2v) is 8.01. The third-order valence-electron chi connectivity index (χ3n) is 5.21. The summed E-state index contributed by atoms with van der Waals surface area (Å²) in [5, 5.41) is 16.9. The maximum atomic E-state index is 12.7. The van der Waals surface area contributed by atoms with Crippen molar-refractivity contribution in [2.24, 2.45) is 0 Å². The smallest absolute Gasteiger partial charge is 0.408 e. The average molecular weight is 516 g/mol. The van der Waals surface area contributed by atoms with Gasteiger partial charge in [-0.2, -0.15) is 0 Å². The molecule has 2 aromatic carbocycles. The number of carbonyl (C=O) groups excluding carboxylic acids is 4. The number of rotatable bonds is 14. The minimum absolute atomic E-state index is 0.0114. The Bertz CT molecular complexity index is 988. The molecule has 0 aliphatic rings. The van der Waals surface area contributed by atoms with Gasteiger partial charge in [-0.1, -0.05) is 60.7 Å². The summed E-state index contributed by atoms with van der Waals surface area (Å²) in [6, 6.07) is 16.0. The minimum atomic E-state index is -1.27. The summed E-state index contributed by atoms with van der Waals surface area (Å²) < 4.78 is 14.9. The van der Waals surface area contributed by atoms with Crippen molar-refractivity contribution in [1.29, 1.82) is 0 Å². The van der Waals surface area contributed by atoms with Crippen molar-refractivity contribution in [3.8, 4) is 0 Å². The van der Waals surface area contributed by atoms with E-state index in [9.17, 15) is 24.3 Å². The molecule has 0 aliphatic carbocycles. The summed E-state index contributed by atoms with van der Waals surface area (Å²) in [6.45, 7) is -0.214. The quantitative estimate of drug-likeness (QED) is 0.169. The van der Waals surface area contributed by atoms with E-state index in [0.717, 1.165) is 18.2 Å². The molecule has 0 heterocycles. The third-order valence-corrected chi connectivity index (χ3v) is 5.21. The highest BCUT2D eigenvalue weighted by Crippen LogP contribution is 2.06. The molecule has 0 radical (unpaired) electrons. The molecular weight excluding hydrogens is 482 g/mol. The molecule has 2 atom stereocenters. The van der Waals surface area contributed by atoms with Gasteiger partial charge in [-0.25, -0.2) is 14.4 Å². The standard InChI is InChI=1S/C26H33N3O8/c1-35-24(32)22(16-30)28-23(31)21(29-26(34)37-18-20-12-6-3-7-13-20)14-8-9-15-27-25(33)36-17-19-10-4-2-5-11-19/h2-7,10-13,21-22,30H,8-9,14-18H2,1H3,(H,27,33)(H,28,31)(H,29,34)/t21-,22-/m1/s1. The van der Waals surface area contributed by atoms with Gasteiger partial charge >= 0.3 is 18.2 Å². The number of methoxy groups -OCH3 is 1. The van der Waals surface area contributed by atoms with Crippen LogP contribution in [-0.4, -0.2) is 61.5 Å². The van der Waals surface area contributed by atoms with E-state index >= 15 is 0 Å². The summed E-state index contributed by atoms with van der Waals surface area (Å²) in [6.07, 6.45) is -0.259. The molecule has 2 rings (SSSR count). The van der Waals surface area contributed by atoms with Crippen LogP contribution in [-0.2, 0) is 37.0 Å². The van der Waals surface area contributed by atoms with Crippen LogP contribution in [0.2, 0.25) is 0 Å². The number of aliphatic hydroxyl groups excluding tert-OH is 1. The number of amides is 3. The van der Waals surface area contributed by atoms with Crippen molar-refractivity contribution in [2.45, 2.75) is 44.6 Å². The summed E-state index contributed by atoms with van der Waals surface area (Å²) in [7, 11) is 1.13. The fourth-order valence-corrected chi connectivity index (χ4v) is 3.21. The number of hydrogen-bond donors (Lipinski definition) is 4. The van der Waals surface area contributed by atoms with Crippen LogP contribution in [0.5, 0.6) is 0 Å². The summed E-state index contributed by atoms with van der Waals surface area (Å²) in [5.41, 5.74) is 1.64. The second kappa shape index (κ2) is 16.5. The zero-order chi connectivity index (χ0) is 26.9. The zero-order valence-corrected chi connectivity index (χ0v) is 20.7. The number of unbranched alkanes of at least 4 members (excludes halogenated alkanes) is 1. The van der Waals surface area contributed by atoms with Crippen LogP contribution >= 0.6 is 0 Å². The van der Waals surface area contributed by atoms with Gasteiger partial charge in [0.05, 0.1) is 13.7 Å². The van der Waals surface area contributed by atoms with Crippen LogP contribution in [0.15, 0.2) is 60.7 Å². The Morgan fingerprint density at radius 1 is 0.784 bits per heavy atom. The molecule has 3 amide bonds. The SMILES string of the molecule is COC(=O)[C@@H](CO)NC(=O)[C@@H](CCCCNC(=O)OCc1ccccc1)NC(=O)OCc1ccccc1. The van der Waals surface area contributed by atoms with Crippen LogP contribution in [0.25, 0.3) is 0 Å². The molecule has 0 unspecified atom stereocenters.